The quantitative estimate of drug-likeness (QED) is 0.675. The Kier molecular flexibility index (Phi) is 5.17. The average Bonchev–Trinajstić information content (AvgIpc) is 2.75. The molecule has 0 saturated carbocycles. The van der Waals surface area contributed by atoms with Gasteiger partial charge in [0.2, 0.25) is 5.79 Å². The van der Waals surface area contributed by atoms with Gasteiger partial charge in [-0.2, -0.15) is 4.89 Å². The van der Waals surface area contributed by atoms with Crippen LogP contribution >= 0.6 is 0 Å². The topological polar surface area (TPSA) is 55.8 Å². The van der Waals surface area contributed by atoms with Crippen molar-refractivity contribution in [1.29, 1.82) is 0 Å². The van der Waals surface area contributed by atoms with Gasteiger partial charge in [0.1, 0.15) is 0 Å². The minimum atomic E-state index is -1.69. The van der Waals surface area contributed by atoms with Crippen molar-refractivity contribution < 1.29 is 19.1 Å². The smallest absolute Gasteiger partial charge is 0.211 e. The lowest BCUT2D eigenvalue weighted by molar-refractivity contribution is -0.475. The van der Waals surface area contributed by atoms with Crippen molar-refractivity contribution in [2.24, 2.45) is 0 Å². The first kappa shape index (κ1) is 19.0. The van der Waals surface area contributed by atoms with Crippen LogP contribution in [0.5, 0.6) is 0 Å². The summed E-state index contributed by atoms with van der Waals surface area (Å²) >= 11 is 0. The molecule has 0 aromatic heterocycles. The molecule has 0 aliphatic carbocycles. The first-order valence-electron chi connectivity index (χ1n) is 9.19. The van der Waals surface area contributed by atoms with E-state index in [-0.39, 0.29) is 0 Å². The molecule has 3 aromatic carbocycles. The van der Waals surface area contributed by atoms with E-state index in [2.05, 4.69) is 0 Å². The van der Waals surface area contributed by atoms with Crippen LogP contribution in [0.4, 0.5) is 0 Å². The molecule has 0 bridgehead atoms. The predicted octanol–water partition coefficient (Wildman–Crippen LogP) is 4.17. The highest BCUT2D eigenvalue weighted by Gasteiger charge is 2.53. The maximum atomic E-state index is 13.4. The third kappa shape index (κ3) is 3.42. The number of rotatable bonds is 4. The van der Waals surface area contributed by atoms with Crippen LogP contribution in [-0.4, -0.2) is 20.4 Å². The molecule has 1 aliphatic heterocycles. The van der Waals surface area contributed by atoms with Crippen LogP contribution < -0.4 is 0 Å². The van der Waals surface area contributed by atoms with Crippen LogP contribution in [0.1, 0.15) is 24.5 Å². The Morgan fingerprint density at radius 2 is 1.29 bits per heavy atom. The van der Waals surface area contributed by atoms with E-state index in [0.717, 1.165) is 11.1 Å². The highest BCUT2D eigenvalue weighted by Crippen LogP contribution is 2.46. The Labute approximate surface area is 167 Å². The molecule has 1 aliphatic rings. The maximum Gasteiger partial charge on any atom is 0.211 e. The first-order valence-corrected chi connectivity index (χ1v) is 10.4. The Balaban J connectivity index is 1.81. The summed E-state index contributed by atoms with van der Waals surface area (Å²) in [5, 5.41) is 10.2. The van der Waals surface area contributed by atoms with Crippen LogP contribution in [0.15, 0.2) is 95.9 Å². The summed E-state index contributed by atoms with van der Waals surface area (Å²) in [5.41, 5.74) is 0.790. The van der Waals surface area contributed by atoms with Crippen molar-refractivity contribution >= 4 is 10.8 Å². The van der Waals surface area contributed by atoms with E-state index in [1.165, 1.54) is 6.92 Å². The molecule has 0 radical (unpaired) electrons. The fourth-order valence-electron chi connectivity index (χ4n) is 3.60. The zero-order valence-corrected chi connectivity index (χ0v) is 16.3. The Morgan fingerprint density at radius 3 is 1.79 bits per heavy atom. The third-order valence-electron chi connectivity index (χ3n) is 5.14. The molecule has 1 heterocycles. The van der Waals surface area contributed by atoms with E-state index in [0.29, 0.717) is 11.3 Å². The molecular formula is C23H22O4S. The van der Waals surface area contributed by atoms with Gasteiger partial charge in [-0.15, -0.1) is 0 Å². The zero-order valence-electron chi connectivity index (χ0n) is 15.5. The molecule has 3 aromatic rings. The van der Waals surface area contributed by atoms with Gasteiger partial charge in [-0.3, -0.25) is 4.21 Å². The van der Waals surface area contributed by atoms with Crippen molar-refractivity contribution in [1.82, 2.24) is 0 Å². The fourth-order valence-corrected chi connectivity index (χ4v) is 5.18. The second-order valence-electron chi connectivity index (χ2n) is 7.08. The molecule has 5 heteroatoms. The Bertz CT molecular complexity index is 903. The van der Waals surface area contributed by atoms with Gasteiger partial charge in [-0.1, -0.05) is 78.9 Å². The van der Waals surface area contributed by atoms with E-state index in [4.69, 9.17) is 9.78 Å². The molecule has 1 saturated heterocycles. The van der Waals surface area contributed by atoms with Crippen LogP contribution in [0.3, 0.4) is 0 Å². The lowest BCUT2D eigenvalue weighted by Gasteiger charge is -2.45. The molecule has 3 unspecified atom stereocenters. The normalized spacial score (nSPS) is 25.1. The maximum absolute atomic E-state index is 13.4. The second-order valence-corrected chi connectivity index (χ2v) is 8.72. The molecular weight excluding hydrogens is 372 g/mol. The molecule has 4 rings (SSSR count). The van der Waals surface area contributed by atoms with Gasteiger partial charge in [-0.05, 0) is 30.2 Å². The van der Waals surface area contributed by atoms with Gasteiger partial charge in [0, 0.05) is 11.3 Å². The fraction of sp³-hybridized carbons (Fsp3) is 0.217. The largest absolute Gasteiger partial charge is 0.363 e. The lowest BCUT2D eigenvalue weighted by atomic mass is 9.81. The lowest BCUT2D eigenvalue weighted by Crippen LogP contribution is -2.55. The molecule has 1 fully saturated rings. The SMILES string of the molecule is CC1(O)OOC(c2ccccc2)(c2ccccc2)CC1S(=O)c1ccccc1. The summed E-state index contributed by atoms with van der Waals surface area (Å²) in [4.78, 5) is 12.0. The van der Waals surface area contributed by atoms with Crippen molar-refractivity contribution in [2.75, 3.05) is 0 Å². The molecule has 4 nitrogen and oxygen atoms in total. The standard InChI is InChI=1S/C23H22O4S/c1-22(24)21(28(25)20-15-9-4-10-16-20)17-23(27-26-22,18-11-5-2-6-12-18)19-13-7-3-8-14-19/h2-16,21,24H,17H2,1H3. The zero-order chi connectivity index (χ0) is 19.6. The summed E-state index contributed by atoms with van der Waals surface area (Å²) in [7, 11) is -1.49. The number of benzene rings is 3. The van der Waals surface area contributed by atoms with Crippen LogP contribution in [0, 0.1) is 0 Å². The number of hydrogen-bond acceptors (Lipinski definition) is 4. The summed E-state index contributed by atoms with van der Waals surface area (Å²) in [6, 6.07) is 28.6. The average molecular weight is 394 g/mol. The summed E-state index contributed by atoms with van der Waals surface area (Å²) in [6.07, 6.45) is 0.301. The van der Waals surface area contributed by atoms with E-state index in [1.807, 2.05) is 78.9 Å². The second kappa shape index (κ2) is 7.60. The summed E-state index contributed by atoms with van der Waals surface area (Å²) < 4.78 is 13.4. The van der Waals surface area contributed by atoms with Gasteiger partial charge >= 0.3 is 0 Å². The van der Waals surface area contributed by atoms with Crippen molar-refractivity contribution in [3.63, 3.8) is 0 Å². The van der Waals surface area contributed by atoms with Crippen molar-refractivity contribution in [3.8, 4) is 0 Å². The first-order chi connectivity index (χ1) is 13.5. The Hall–Kier alpha value is -2.31. The molecule has 144 valence electrons. The minimum Gasteiger partial charge on any atom is -0.363 e. The number of aliphatic hydroxyl groups is 1. The highest BCUT2D eigenvalue weighted by atomic mass is 32.2. The molecule has 3 atom stereocenters. The third-order valence-corrected chi connectivity index (χ3v) is 6.99. The summed E-state index contributed by atoms with van der Waals surface area (Å²) in [5.74, 6) is -1.69. The number of hydrogen-bond donors (Lipinski definition) is 1. The van der Waals surface area contributed by atoms with Crippen LogP contribution in [-0.2, 0) is 26.2 Å². The van der Waals surface area contributed by atoms with Crippen LogP contribution in [0.2, 0.25) is 0 Å². The van der Waals surface area contributed by atoms with Crippen molar-refractivity contribution in [2.45, 2.75) is 34.9 Å². The van der Waals surface area contributed by atoms with E-state index in [1.54, 1.807) is 12.1 Å². The minimum absolute atomic E-state index is 0.301. The van der Waals surface area contributed by atoms with Gasteiger partial charge < -0.3 is 5.11 Å². The predicted molar refractivity (Wildman–Crippen MR) is 108 cm³/mol. The molecule has 1 N–H and O–H groups in total. The molecule has 28 heavy (non-hydrogen) atoms. The van der Waals surface area contributed by atoms with Gasteiger partial charge in [0.25, 0.3) is 0 Å². The van der Waals surface area contributed by atoms with Gasteiger partial charge in [-0.25, -0.2) is 4.89 Å². The van der Waals surface area contributed by atoms with E-state index >= 15 is 0 Å². The molecule has 0 amide bonds. The monoisotopic (exact) mass is 394 g/mol. The molecule has 0 spiro atoms. The highest BCUT2D eigenvalue weighted by molar-refractivity contribution is 7.85. The van der Waals surface area contributed by atoms with Crippen LogP contribution in [0.25, 0.3) is 0 Å². The van der Waals surface area contributed by atoms with E-state index in [9.17, 15) is 9.32 Å². The van der Waals surface area contributed by atoms with E-state index < -0.39 is 27.4 Å². The summed E-state index contributed by atoms with van der Waals surface area (Å²) in [6.45, 7) is 1.50. The Morgan fingerprint density at radius 1 is 0.821 bits per heavy atom. The van der Waals surface area contributed by atoms with Crippen molar-refractivity contribution in [3.05, 3.63) is 102 Å². The van der Waals surface area contributed by atoms with Gasteiger partial charge in [0.15, 0.2) is 5.60 Å². The van der Waals surface area contributed by atoms with Gasteiger partial charge in [0.05, 0.1) is 16.0 Å².